The number of nitrogens with one attached hydrogen (secondary N) is 2. The second-order valence-corrected chi connectivity index (χ2v) is 7.00. The summed E-state index contributed by atoms with van der Waals surface area (Å²) in [6, 6.07) is 10.5. The lowest BCUT2D eigenvalue weighted by Crippen LogP contribution is -2.41. The molecule has 0 aromatic heterocycles. The van der Waals surface area contributed by atoms with Crippen LogP contribution in [-0.4, -0.2) is 34.1 Å². The van der Waals surface area contributed by atoms with Crippen LogP contribution in [0.5, 0.6) is 17.2 Å². The van der Waals surface area contributed by atoms with Crippen LogP contribution < -0.4 is 24.5 Å². The fourth-order valence-corrected chi connectivity index (χ4v) is 3.15. The van der Waals surface area contributed by atoms with E-state index in [1.807, 2.05) is 6.92 Å². The summed E-state index contributed by atoms with van der Waals surface area (Å²) in [6.07, 6.45) is 0. The van der Waals surface area contributed by atoms with Gasteiger partial charge in [0, 0.05) is 5.56 Å². The molecule has 1 amide bonds. The third-order valence-electron chi connectivity index (χ3n) is 3.55. The Morgan fingerprint density at radius 2 is 1.77 bits per heavy atom. The van der Waals surface area contributed by atoms with E-state index in [-0.39, 0.29) is 10.5 Å². The van der Waals surface area contributed by atoms with Crippen LogP contribution in [0.3, 0.4) is 0 Å². The van der Waals surface area contributed by atoms with Gasteiger partial charge in [-0.1, -0.05) is 0 Å². The Hall–Kier alpha value is -2.78. The Balaban J connectivity index is 1.66. The van der Waals surface area contributed by atoms with Crippen molar-refractivity contribution in [1.82, 2.24) is 10.3 Å². The van der Waals surface area contributed by atoms with Crippen LogP contribution in [-0.2, 0) is 10.0 Å². The average Bonchev–Trinajstić information content (AvgIpc) is 2.66. The van der Waals surface area contributed by atoms with Crippen molar-refractivity contribution in [3.8, 4) is 17.2 Å². The largest absolute Gasteiger partial charge is 0.494 e. The standard InChI is InChI=1S/C17H18N2O6S/c1-2-23-13-4-6-14(7-5-13)26(21,22)19-18-17(20)12-3-8-15-16(11-12)25-10-9-24-15/h3-8,11,19H,2,9-10H2,1H3,(H,18,20). The van der Waals surface area contributed by atoms with Crippen LogP contribution in [0.25, 0.3) is 0 Å². The molecule has 0 unspecified atom stereocenters. The minimum Gasteiger partial charge on any atom is -0.494 e. The molecule has 1 aliphatic heterocycles. The van der Waals surface area contributed by atoms with Gasteiger partial charge >= 0.3 is 0 Å². The van der Waals surface area contributed by atoms with E-state index in [0.29, 0.717) is 37.1 Å². The highest BCUT2D eigenvalue weighted by Gasteiger charge is 2.18. The molecule has 0 fully saturated rings. The number of benzene rings is 2. The minimum atomic E-state index is -3.91. The van der Waals surface area contributed by atoms with Gasteiger partial charge in [-0.3, -0.25) is 10.2 Å². The first-order chi connectivity index (χ1) is 12.5. The Kier molecular flexibility index (Phi) is 5.29. The summed E-state index contributed by atoms with van der Waals surface area (Å²) in [5.74, 6) is 0.935. The number of hydrogen-bond acceptors (Lipinski definition) is 6. The Morgan fingerprint density at radius 3 is 2.46 bits per heavy atom. The zero-order valence-electron chi connectivity index (χ0n) is 14.0. The van der Waals surface area contributed by atoms with Gasteiger partial charge in [0.05, 0.1) is 11.5 Å². The molecule has 0 spiro atoms. The number of amides is 1. The molecule has 0 atom stereocenters. The Morgan fingerprint density at radius 1 is 1.08 bits per heavy atom. The van der Waals surface area contributed by atoms with Crippen molar-refractivity contribution >= 4 is 15.9 Å². The lowest BCUT2D eigenvalue weighted by Gasteiger charge is -2.18. The van der Waals surface area contributed by atoms with Gasteiger partial charge in [-0.15, -0.1) is 4.83 Å². The monoisotopic (exact) mass is 378 g/mol. The molecule has 3 rings (SSSR count). The molecule has 2 N–H and O–H groups in total. The predicted molar refractivity (Wildman–Crippen MR) is 92.8 cm³/mol. The summed E-state index contributed by atoms with van der Waals surface area (Å²) >= 11 is 0. The predicted octanol–water partition coefficient (Wildman–Crippen LogP) is 1.48. The van der Waals surface area contributed by atoms with E-state index in [1.165, 1.54) is 24.3 Å². The van der Waals surface area contributed by atoms with E-state index >= 15 is 0 Å². The third-order valence-corrected chi connectivity index (χ3v) is 4.81. The van der Waals surface area contributed by atoms with Crippen LogP contribution in [0.1, 0.15) is 17.3 Å². The van der Waals surface area contributed by atoms with Gasteiger partial charge in [-0.25, -0.2) is 8.42 Å². The molecule has 2 aromatic rings. The smallest absolute Gasteiger partial charge is 0.266 e. The van der Waals surface area contributed by atoms with E-state index in [4.69, 9.17) is 14.2 Å². The van der Waals surface area contributed by atoms with Crippen molar-refractivity contribution in [3.05, 3.63) is 48.0 Å². The zero-order chi connectivity index (χ0) is 18.6. The molecule has 0 radical (unpaired) electrons. The highest BCUT2D eigenvalue weighted by Crippen LogP contribution is 2.30. The summed E-state index contributed by atoms with van der Waals surface area (Å²) in [6.45, 7) is 3.15. The van der Waals surface area contributed by atoms with Crippen LogP contribution in [0, 0.1) is 0 Å². The van der Waals surface area contributed by atoms with E-state index in [0.717, 1.165) is 0 Å². The van der Waals surface area contributed by atoms with Crippen LogP contribution >= 0.6 is 0 Å². The molecular weight excluding hydrogens is 360 g/mol. The first-order valence-corrected chi connectivity index (χ1v) is 9.42. The molecule has 1 aliphatic rings. The molecule has 0 saturated carbocycles. The molecule has 1 heterocycles. The van der Waals surface area contributed by atoms with Crippen molar-refractivity contribution in [2.24, 2.45) is 0 Å². The van der Waals surface area contributed by atoms with Gasteiger partial charge in [0.2, 0.25) is 0 Å². The maximum Gasteiger partial charge on any atom is 0.266 e. The second kappa shape index (κ2) is 7.63. The SMILES string of the molecule is CCOc1ccc(S(=O)(=O)NNC(=O)c2ccc3c(c2)OCCO3)cc1. The van der Waals surface area contributed by atoms with E-state index in [1.54, 1.807) is 18.2 Å². The van der Waals surface area contributed by atoms with Crippen LogP contribution in [0.4, 0.5) is 0 Å². The first kappa shape index (κ1) is 18.0. The number of hydrazine groups is 1. The number of hydrogen-bond donors (Lipinski definition) is 2. The number of ether oxygens (including phenoxy) is 3. The normalized spacial score (nSPS) is 13.1. The third kappa shape index (κ3) is 4.06. The van der Waals surface area contributed by atoms with Crippen molar-refractivity contribution < 1.29 is 27.4 Å². The van der Waals surface area contributed by atoms with Crippen molar-refractivity contribution in [1.29, 1.82) is 0 Å². The van der Waals surface area contributed by atoms with Crippen LogP contribution in [0.2, 0.25) is 0 Å². The van der Waals surface area contributed by atoms with Gasteiger partial charge in [0.1, 0.15) is 19.0 Å². The molecule has 0 saturated heterocycles. The number of rotatable bonds is 6. The molecule has 0 aliphatic carbocycles. The number of carbonyl (C=O) groups is 1. The van der Waals surface area contributed by atoms with E-state index < -0.39 is 15.9 Å². The average molecular weight is 378 g/mol. The molecule has 0 bridgehead atoms. The number of sulfonamides is 1. The highest BCUT2D eigenvalue weighted by atomic mass is 32.2. The van der Waals surface area contributed by atoms with Crippen molar-refractivity contribution in [2.75, 3.05) is 19.8 Å². The van der Waals surface area contributed by atoms with Gasteiger partial charge in [-0.2, -0.15) is 0 Å². The number of carbonyl (C=O) groups excluding carboxylic acids is 1. The highest BCUT2D eigenvalue weighted by molar-refractivity contribution is 7.89. The topological polar surface area (TPSA) is 103 Å². The lowest BCUT2D eigenvalue weighted by molar-refractivity contribution is 0.0944. The Labute approximate surface area is 151 Å². The maximum atomic E-state index is 12.3. The summed E-state index contributed by atoms with van der Waals surface area (Å²) in [7, 11) is -3.91. The summed E-state index contributed by atoms with van der Waals surface area (Å²) in [4.78, 5) is 14.3. The maximum absolute atomic E-state index is 12.3. The van der Waals surface area contributed by atoms with Gasteiger partial charge in [0.15, 0.2) is 11.5 Å². The van der Waals surface area contributed by atoms with E-state index in [9.17, 15) is 13.2 Å². The van der Waals surface area contributed by atoms with Gasteiger partial charge < -0.3 is 14.2 Å². The van der Waals surface area contributed by atoms with Crippen molar-refractivity contribution in [2.45, 2.75) is 11.8 Å². The van der Waals surface area contributed by atoms with E-state index in [2.05, 4.69) is 10.3 Å². The minimum absolute atomic E-state index is 0.00317. The number of fused-ring (bicyclic) bond motifs is 1. The van der Waals surface area contributed by atoms with Gasteiger partial charge in [0.25, 0.3) is 15.9 Å². The summed E-state index contributed by atoms with van der Waals surface area (Å²) < 4.78 is 40.6. The molecule has 8 nitrogen and oxygen atoms in total. The van der Waals surface area contributed by atoms with Crippen molar-refractivity contribution in [3.63, 3.8) is 0 Å². The Bertz CT molecular complexity index is 896. The molecular formula is C17H18N2O6S. The molecule has 9 heteroatoms. The summed E-state index contributed by atoms with van der Waals surface area (Å²) in [5.41, 5.74) is 2.42. The first-order valence-electron chi connectivity index (χ1n) is 7.94. The lowest BCUT2D eigenvalue weighted by atomic mass is 10.2. The molecule has 138 valence electrons. The zero-order valence-corrected chi connectivity index (χ0v) is 14.8. The quantitative estimate of drug-likeness (QED) is 0.738. The fourth-order valence-electron chi connectivity index (χ4n) is 2.31. The second-order valence-electron chi connectivity index (χ2n) is 5.32. The van der Waals surface area contributed by atoms with Gasteiger partial charge in [-0.05, 0) is 49.4 Å². The fraction of sp³-hybridized carbons (Fsp3) is 0.235. The molecule has 26 heavy (non-hydrogen) atoms. The molecule has 2 aromatic carbocycles. The van der Waals surface area contributed by atoms with Crippen LogP contribution in [0.15, 0.2) is 47.4 Å². The summed E-state index contributed by atoms with van der Waals surface area (Å²) in [5, 5.41) is 0.